The molecule has 0 amide bonds. The SMILES string of the molecule is CCOc1ccc(CNC(=NC)N2CCN(c3ncccn3)CC2)cc1C.I. The first-order chi connectivity index (χ1) is 13.2. The summed E-state index contributed by atoms with van der Waals surface area (Å²) in [5, 5.41) is 3.47. The zero-order valence-corrected chi connectivity index (χ0v) is 19.1. The monoisotopic (exact) mass is 496 g/mol. The summed E-state index contributed by atoms with van der Waals surface area (Å²) in [6, 6.07) is 8.14. The molecule has 2 heterocycles. The van der Waals surface area contributed by atoms with Crippen LogP contribution in [0.4, 0.5) is 5.95 Å². The van der Waals surface area contributed by atoms with Crippen molar-refractivity contribution in [1.29, 1.82) is 0 Å². The number of benzene rings is 1. The maximum atomic E-state index is 5.61. The second-order valence-electron chi connectivity index (χ2n) is 6.46. The number of aryl methyl sites for hydroxylation is 1. The first kappa shape index (κ1) is 22.2. The molecule has 0 radical (unpaired) electrons. The molecule has 1 N–H and O–H groups in total. The number of hydrogen-bond donors (Lipinski definition) is 1. The number of halogens is 1. The van der Waals surface area contributed by atoms with Crippen LogP contribution in [-0.2, 0) is 6.54 Å². The topological polar surface area (TPSA) is 65.9 Å². The van der Waals surface area contributed by atoms with E-state index in [1.165, 1.54) is 5.56 Å². The van der Waals surface area contributed by atoms with Crippen LogP contribution in [0.2, 0.25) is 0 Å². The van der Waals surface area contributed by atoms with Gasteiger partial charge in [0, 0.05) is 52.2 Å². The quantitative estimate of drug-likeness (QED) is 0.390. The number of aromatic nitrogens is 2. The molecular weight excluding hydrogens is 467 g/mol. The van der Waals surface area contributed by atoms with Gasteiger partial charge in [0.25, 0.3) is 0 Å². The van der Waals surface area contributed by atoms with Crippen molar-refractivity contribution in [1.82, 2.24) is 20.2 Å². The fourth-order valence-corrected chi connectivity index (χ4v) is 3.23. The van der Waals surface area contributed by atoms with E-state index in [0.717, 1.165) is 55.9 Å². The van der Waals surface area contributed by atoms with E-state index in [1.807, 2.05) is 26.1 Å². The highest BCUT2D eigenvalue weighted by Crippen LogP contribution is 2.19. The van der Waals surface area contributed by atoms with Gasteiger partial charge in [0.2, 0.25) is 5.95 Å². The lowest BCUT2D eigenvalue weighted by atomic mass is 10.1. The van der Waals surface area contributed by atoms with Gasteiger partial charge in [-0.05, 0) is 37.1 Å². The van der Waals surface area contributed by atoms with E-state index in [0.29, 0.717) is 6.61 Å². The second-order valence-corrected chi connectivity index (χ2v) is 6.46. The van der Waals surface area contributed by atoms with Gasteiger partial charge in [-0.2, -0.15) is 0 Å². The molecule has 0 saturated carbocycles. The lowest BCUT2D eigenvalue weighted by molar-refractivity contribution is 0.337. The number of nitrogens with zero attached hydrogens (tertiary/aromatic N) is 5. The van der Waals surface area contributed by atoms with Gasteiger partial charge in [0.05, 0.1) is 6.61 Å². The number of anilines is 1. The molecule has 1 saturated heterocycles. The average molecular weight is 496 g/mol. The third-order valence-electron chi connectivity index (χ3n) is 4.62. The molecule has 1 fully saturated rings. The molecule has 3 rings (SSSR count). The Bertz CT molecular complexity index is 763. The molecule has 1 aliphatic heterocycles. The first-order valence-corrected chi connectivity index (χ1v) is 9.41. The van der Waals surface area contributed by atoms with Crippen LogP contribution in [0, 0.1) is 6.92 Å². The summed E-state index contributed by atoms with van der Waals surface area (Å²) in [5.74, 6) is 2.67. The standard InChI is InChI=1S/C20H28N6O.HI/c1-4-27-18-7-6-17(14-16(18)2)15-24-19(21-3)25-10-12-26(13-11-25)20-22-8-5-9-23-20;/h5-9,14H,4,10-13,15H2,1-3H3,(H,21,24);1H. The van der Waals surface area contributed by atoms with Gasteiger partial charge < -0.3 is 19.9 Å². The van der Waals surface area contributed by atoms with Crippen LogP contribution in [0.3, 0.4) is 0 Å². The molecule has 0 spiro atoms. The van der Waals surface area contributed by atoms with Crippen LogP contribution < -0.4 is 15.0 Å². The highest BCUT2D eigenvalue weighted by atomic mass is 127. The summed E-state index contributed by atoms with van der Waals surface area (Å²) in [7, 11) is 1.83. The molecule has 1 aliphatic rings. The Kier molecular flexibility index (Phi) is 8.75. The van der Waals surface area contributed by atoms with E-state index in [2.05, 4.69) is 49.1 Å². The second kappa shape index (κ2) is 11.0. The van der Waals surface area contributed by atoms with Crippen LogP contribution in [-0.4, -0.2) is 60.7 Å². The summed E-state index contributed by atoms with van der Waals surface area (Å²) in [4.78, 5) is 17.6. The maximum Gasteiger partial charge on any atom is 0.225 e. The van der Waals surface area contributed by atoms with Crippen LogP contribution in [0.1, 0.15) is 18.1 Å². The molecule has 152 valence electrons. The van der Waals surface area contributed by atoms with Crippen molar-refractivity contribution >= 4 is 35.9 Å². The Morgan fingerprint density at radius 3 is 2.50 bits per heavy atom. The van der Waals surface area contributed by atoms with Crippen molar-refractivity contribution in [3.63, 3.8) is 0 Å². The first-order valence-electron chi connectivity index (χ1n) is 9.41. The van der Waals surface area contributed by atoms with Gasteiger partial charge >= 0.3 is 0 Å². The van der Waals surface area contributed by atoms with Crippen molar-refractivity contribution in [2.45, 2.75) is 20.4 Å². The van der Waals surface area contributed by atoms with E-state index in [4.69, 9.17) is 4.74 Å². The summed E-state index contributed by atoms with van der Waals surface area (Å²) in [6.45, 7) is 9.05. The molecule has 1 aromatic heterocycles. The zero-order valence-electron chi connectivity index (χ0n) is 16.8. The Morgan fingerprint density at radius 2 is 1.89 bits per heavy atom. The predicted molar refractivity (Wildman–Crippen MR) is 124 cm³/mol. The molecule has 1 aromatic carbocycles. The van der Waals surface area contributed by atoms with Crippen molar-refractivity contribution in [3.8, 4) is 5.75 Å². The van der Waals surface area contributed by atoms with Crippen molar-refractivity contribution in [2.24, 2.45) is 4.99 Å². The summed E-state index contributed by atoms with van der Waals surface area (Å²) in [5.41, 5.74) is 2.37. The normalized spacial score (nSPS) is 14.5. The lowest BCUT2D eigenvalue weighted by Crippen LogP contribution is -2.52. The number of ether oxygens (including phenoxy) is 1. The largest absolute Gasteiger partial charge is 0.494 e. The minimum Gasteiger partial charge on any atom is -0.494 e. The van der Waals surface area contributed by atoms with Gasteiger partial charge in [0.15, 0.2) is 5.96 Å². The average Bonchev–Trinajstić information content (AvgIpc) is 2.71. The molecule has 28 heavy (non-hydrogen) atoms. The summed E-state index contributed by atoms with van der Waals surface area (Å²) in [6.07, 6.45) is 3.57. The van der Waals surface area contributed by atoms with E-state index < -0.39 is 0 Å². The number of aliphatic imine (C=N–C) groups is 1. The number of piperazine rings is 1. The highest BCUT2D eigenvalue weighted by molar-refractivity contribution is 14.0. The van der Waals surface area contributed by atoms with Gasteiger partial charge in [-0.3, -0.25) is 4.99 Å². The number of guanidine groups is 1. The van der Waals surface area contributed by atoms with Crippen molar-refractivity contribution < 1.29 is 4.74 Å². The molecule has 0 atom stereocenters. The van der Waals surface area contributed by atoms with Gasteiger partial charge in [-0.1, -0.05) is 12.1 Å². The molecule has 8 heteroatoms. The van der Waals surface area contributed by atoms with Gasteiger partial charge in [-0.25, -0.2) is 9.97 Å². The molecule has 7 nitrogen and oxygen atoms in total. The number of hydrogen-bond acceptors (Lipinski definition) is 5. The zero-order chi connectivity index (χ0) is 19.1. The van der Waals surface area contributed by atoms with E-state index in [1.54, 1.807) is 12.4 Å². The Balaban J connectivity index is 0.00000280. The van der Waals surface area contributed by atoms with Crippen molar-refractivity contribution in [2.75, 3.05) is 44.7 Å². The maximum absolute atomic E-state index is 5.61. The Hall–Kier alpha value is -2.10. The van der Waals surface area contributed by atoms with Crippen LogP contribution in [0.25, 0.3) is 0 Å². The third-order valence-corrected chi connectivity index (χ3v) is 4.62. The van der Waals surface area contributed by atoms with Crippen LogP contribution in [0.15, 0.2) is 41.7 Å². The van der Waals surface area contributed by atoms with Gasteiger partial charge in [0.1, 0.15) is 5.75 Å². The van der Waals surface area contributed by atoms with Gasteiger partial charge in [-0.15, -0.1) is 24.0 Å². The molecular formula is C20H29IN6O. The van der Waals surface area contributed by atoms with E-state index in [-0.39, 0.29) is 24.0 Å². The molecule has 0 unspecified atom stereocenters. The highest BCUT2D eigenvalue weighted by Gasteiger charge is 2.21. The number of nitrogens with one attached hydrogen (secondary N) is 1. The molecule has 0 bridgehead atoms. The van der Waals surface area contributed by atoms with Crippen LogP contribution in [0.5, 0.6) is 5.75 Å². The Morgan fingerprint density at radius 1 is 1.18 bits per heavy atom. The molecule has 2 aromatic rings. The van der Waals surface area contributed by atoms with E-state index >= 15 is 0 Å². The third kappa shape index (κ3) is 5.70. The molecule has 0 aliphatic carbocycles. The smallest absolute Gasteiger partial charge is 0.225 e. The van der Waals surface area contributed by atoms with E-state index in [9.17, 15) is 0 Å². The fourth-order valence-electron chi connectivity index (χ4n) is 3.23. The summed E-state index contributed by atoms with van der Waals surface area (Å²) < 4.78 is 5.61. The minimum absolute atomic E-state index is 0. The fraction of sp³-hybridized carbons (Fsp3) is 0.450. The lowest BCUT2D eigenvalue weighted by Gasteiger charge is -2.36. The van der Waals surface area contributed by atoms with Crippen molar-refractivity contribution in [3.05, 3.63) is 47.8 Å². The summed E-state index contributed by atoms with van der Waals surface area (Å²) >= 11 is 0. The Labute approximate surface area is 184 Å². The minimum atomic E-state index is 0. The number of rotatable bonds is 5. The van der Waals surface area contributed by atoms with Crippen LogP contribution >= 0.6 is 24.0 Å². The predicted octanol–water partition coefficient (Wildman–Crippen LogP) is 2.70.